The molecule has 0 amide bonds. The molecule has 0 N–H and O–H groups in total. The van der Waals surface area contributed by atoms with Gasteiger partial charge in [-0.15, -0.1) is 22.0 Å². The van der Waals surface area contributed by atoms with Crippen molar-refractivity contribution in [1.82, 2.24) is 14.8 Å². The predicted molar refractivity (Wildman–Crippen MR) is 115 cm³/mol. The molecule has 0 aliphatic heterocycles. The van der Waals surface area contributed by atoms with Crippen LogP contribution in [0, 0.1) is 5.82 Å². The lowest BCUT2D eigenvalue weighted by atomic mass is 10.2. The highest BCUT2D eigenvalue weighted by Crippen LogP contribution is 2.30. The number of aromatic nitrogens is 3. The molecule has 0 fully saturated rings. The zero-order chi connectivity index (χ0) is 19.8. The third kappa shape index (κ3) is 5.73. The second-order valence-electron chi connectivity index (χ2n) is 5.93. The molecule has 0 saturated carbocycles. The van der Waals surface area contributed by atoms with E-state index in [0.717, 1.165) is 45.9 Å². The first kappa shape index (κ1) is 21.2. The van der Waals surface area contributed by atoms with E-state index in [0.29, 0.717) is 11.6 Å². The molecule has 0 atom stereocenters. The van der Waals surface area contributed by atoms with Crippen molar-refractivity contribution in [2.45, 2.75) is 23.0 Å². The summed E-state index contributed by atoms with van der Waals surface area (Å²) >= 11 is 9.72. The van der Waals surface area contributed by atoms with E-state index in [1.807, 2.05) is 24.3 Å². The van der Waals surface area contributed by atoms with E-state index in [1.165, 1.54) is 12.1 Å². The highest BCUT2D eigenvalue weighted by atomic mass is 35.5. The quantitative estimate of drug-likeness (QED) is 0.302. The average Bonchev–Trinajstić information content (AvgIpc) is 3.10. The Hall–Kier alpha value is -1.54. The van der Waals surface area contributed by atoms with Crippen LogP contribution in [-0.2, 0) is 11.3 Å². The summed E-state index contributed by atoms with van der Waals surface area (Å²) in [5.41, 5.74) is 0.877. The first-order valence-electron chi connectivity index (χ1n) is 8.87. The van der Waals surface area contributed by atoms with E-state index in [2.05, 4.69) is 14.8 Å². The molecule has 4 nitrogen and oxygen atoms in total. The van der Waals surface area contributed by atoms with Crippen LogP contribution in [0.3, 0.4) is 0 Å². The molecular formula is C20H21ClFN3OS2. The SMILES string of the molecule is COCCCn1c(SCCSc2ccc(F)cc2)nnc1-c1ccccc1Cl. The van der Waals surface area contributed by atoms with Gasteiger partial charge >= 0.3 is 0 Å². The van der Waals surface area contributed by atoms with Gasteiger partial charge in [0, 0.05) is 42.2 Å². The molecule has 28 heavy (non-hydrogen) atoms. The van der Waals surface area contributed by atoms with Gasteiger partial charge < -0.3 is 9.30 Å². The lowest BCUT2D eigenvalue weighted by molar-refractivity contribution is 0.189. The average molecular weight is 438 g/mol. The molecule has 148 valence electrons. The Morgan fingerprint density at radius 3 is 2.54 bits per heavy atom. The van der Waals surface area contributed by atoms with Gasteiger partial charge in [0.25, 0.3) is 0 Å². The van der Waals surface area contributed by atoms with E-state index in [-0.39, 0.29) is 5.82 Å². The van der Waals surface area contributed by atoms with Crippen LogP contribution in [-0.4, -0.2) is 40.0 Å². The minimum atomic E-state index is -0.213. The van der Waals surface area contributed by atoms with E-state index < -0.39 is 0 Å². The first-order chi connectivity index (χ1) is 13.7. The van der Waals surface area contributed by atoms with Crippen molar-refractivity contribution in [2.75, 3.05) is 25.2 Å². The summed E-state index contributed by atoms with van der Waals surface area (Å²) < 4.78 is 20.3. The number of thioether (sulfide) groups is 2. The van der Waals surface area contributed by atoms with E-state index >= 15 is 0 Å². The van der Waals surface area contributed by atoms with Gasteiger partial charge in [0.05, 0.1) is 5.02 Å². The Labute approximate surface area is 177 Å². The maximum Gasteiger partial charge on any atom is 0.191 e. The van der Waals surface area contributed by atoms with Crippen molar-refractivity contribution in [3.63, 3.8) is 0 Å². The van der Waals surface area contributed by atoms with Crippen molar-refractivity contribution in [3.05, 3.63) is 59.4 Å². The smallest absolute Gasteiger partial charge is 0.191 e. The van der Waals surface area contributed by atoms with Gasteiger partial charge in [-0.1, -0.05) is 35.5 Å². The van der Waals surface area contributed by atoms with Crippen molar-refractivity contribution < 1.29 is 9.13 Å². The molecule has 0 saturated heterocycles. The number of benzene rings is 2. The van der Waals surface area contributed by atoms with Crippen molar-refractivity contribution in [1.29, 1.82) is 0 Å². The molecule has 3 aromatic rings. The Bertz CT molecular complexity index is 889. The Kier molecular flexibility index (Phi) is 8.21. The zero-order valence-corrected chi connectivity index (χ0v) is 17.9. The number of ether oxygens (including phenoxy) is 1. The van der Waals surface area contributed by atoms with Gasteiger partial charge in [0.1, 0.15) is 5.82 Å². The molecule has 8 heteroatoms. The van der Waals surface area contributed by atoms with Gasteiger partial charge in [-0.25, -0.2) is 4.39 Å². The molecule has 0 unspecified atom stereocenters. The molecule has 3 rings (SSSR count). The maximum absolute atomic E-state index is 13.0. The number of hydrogen-bond acceptors (Lipinski definition) is 5. The summed E-state index contributed by atoms with van der Waals surface area (Å²) in [6, 6.07) is 14.2. The van der Waals surface area contributed by atoms with Gasteiger partial charge in [0.2, 0.25) is 0 Å². The molecule has 0 aliphatic carbocycles. The third-order valence-corrected chi connectivity index (χ3v) is 6.53. The van der Waals surface area contributed by atoms with Crippen LogP contribution < -0.4 is 0 Å². The van der Waals surface area contributed by atoms with Crippen LogP contribution in [0.1, 0.15) is 6.42 Å². The normalized spacial score (nSPS) is 11.1. The summed E-state index contributed by atoms with van der Waals surface area (Å²) in [7, 11) is 1.70. The first-order valence-corrected chi connectivity index (χ1v) is 11.2. The van der Waals surface area contributed by atoms with Crippen LogP contribution >= 0.6 is 35.1 Å². The molecule has 0 aliphatic rings. The van der Waals surface area contributed by atoms with Gasteiger partial charge in [-0.2, -0.15) is 0 Å². The summed E-state index contributed by atoms with van der Waals surface area (Å²) in [6.07, 6.45) is 0.865. The minimum absolute atomic E-state index is 0.213. The fourth-order valence-corrected chi connectivity index (χ4v) is 4.70. The molecule has 2 aromatic carbocycles. The van der Waals surface area contributed by atoms with E-state index in [4.69, 9.17) is 16.3 Å². The molecule has 1 aromatic heterocycles. The topological polar surface area (TPSA) is 39.9 Å². The van der Waals surface area contributed by atoms with Crippen LogP contribution in [0.2, 0.25) is 5.02 Å². The summed E-state index contributed by atoms with van der Waals surface area (Å²) in [5, 5.41) is 10.3. The van der Waals surface area contributed by atoms with E-state index in [1.54, 1.807) is 42.8 Å². The molecule has 0 bridgehead atoms. The second-order valence-corrected chi connectivity index (χ2v) is 8.57. The number of rotatable bonds is 10. The summed E-state index contributed by atoms with van der Waals surface area (Å²) in [5.74, 6) is 2.32. The standard InChI is InChI=1S/C20H21ClFN3OS2/c1-26-12-4-11-25-19(17-5-2-3-6-18(17)21)23-24-20(25)28-14-13-27-16-9-7-15(22)8-10-16/h2-3,5-10H,4,11-14H2,1H3. The molecular weight excluding hydrogens is 417 g/mol. The monoisotopic (exact) mass is 437 g/mol. The van der Waals surface area contributed by atoms with Crippen LogP contribution in [0.25, 0.3) is 11.4 Å². The Morgan fingerprint density at radius 1 is 1.04 bits per heavy atom. The maximum atomic E-state index is 13.0. The van der Waals surface area contributed by atoms with Crippen LogP contribution in [0.5, 0.6) is 0 Å². The summed E-state index contributed by atoms with van der Waals surface area (Å²) in [6.45, 7) is 1.43. The van der Waals surface area contributed by atoms with E-state index in [9.17, 15) is 4.39 Å². The lowest BCUT2D eigenvalue weighted by Crippen LogP contribution is -2.06. The number of hydrogen-bond donors (Lipinski definition) is 0. The van der Waals surface area contributed by atoms with Crippen LogP contribution in [0.15, 0.2) is 58.6 Å². The Balaban J connectivity index is 1.67. The highest BCUT2D eigenvalue weighted by molar-refractivity contribution is 8.02. The van der Waals surface area contributed by atoms with Gasteiger partial charge in [-0.05, 0) is 42.8 Å². The predicted octanol–water partition coefficient (Wildman–Crippen LogP) is 5.66. The van der Waals surface area contributed by atoms with Gasteiger partial charge in [0.15, 0.2) is 11.0 Å². The van der Waals surface area contributed by atoms with Crippen molar-refractivity contribution in [2.24, 2.45) is 0 Å². The minimum Gasteiger partial charge on any atom is -0.385 e. The largest absolute Gasteiger partial charge is 0.385 e. The highest BCUT2D eigenvalue weighted by Gasteiger charge is 2.16. The zero-order valence-electron chi connectivity index (χ0n) is 15.5. The Morgan fingerprint density at radius 2 is 1.79 bits per heavy atom. The molecule has 1 heterocycles. The lowest BCUT2D eigenvalue weighted by Gasteiger charge is -2.11. The van der Waals surface area contributed by atoms with Gasteiger partial charge in [-0.3, -0.25) is 0 Å². The second kappa shape index (κ2) is 10.9. The molecule has 0 radical (unpaired) electrons. The van der Waals surface area contributed by atoms with Crippen molar-refractivity contribution >= 4 is 35.1 Å². The third-order valence-electron chi connectivity index (χ3n) is 3.96. The molecule has 0 spiro atoms. The van der Waals surface area contributed by atoms with Crippen molar-refractivity contribution in [3.8, 4) is 11.4 Å². The number of halogens is 2. The fourth-order valence-electron chi connectivity index (χ4n) is 2.63. The number of methoxy groups -OCH3 is 1. The summed E-state index contributed by atoms with van der Waals surface area (Å²) in [4.78, 5) is 1.06. The fraction of sp³-hybridized carbons (Fsp3) is 0.300. The number of nitrogens with zero attached hydrogens (tertiary/aromatic N) is 3. The van der Waals surface area contributed by atoms with Crippen LogP contribution in [0.4, 0.5) is 4.39 Å².